The van der Waals surface area contributed by atoms with E-state index in [0.29, 0.717) is 30.3 Å². The molecular formula is C23H27N3O4. The van der Waals surface area contributed by atoms with Crippen molar-refractivity contribution in [3.05, 3.63) is 72.3 Å². The van der Waals surface area contributed by atoms with Crippen molar-refractivity contribution >= 4 is 18.0 Å². The molecule has 2 amide bonds. The minimum absolute atomic E-state index is 0.187. The van der Waals surface area contributed by atoms with E-state index in [2.05, 4.69) is 29.3 Å². The maximum absolute atomic E-state index is 12.1. The molecule has 158 valence electrons. The van der Waals surface area contributed by atoms with Crippen LogP contribution in [0.4, 0.5) is 0 Å². The summed E-state index contributed by atoms with van der Waals surface area (Å²) in [7, 11) is 0. The maximum atomic E-state index is 12.1. The van der Waals surface area contributed by atoms with E-state index in [1.54, 1.807) is 36.4 Å². The van der Waals surface area contributed by atoms with E-state index in [1.807, 2.05) is 18.2 Å². The molecule has 0 heterocycles. The number of amides is 2. The Morgan fingerprint density at radius 2 is 1.90 bits per heavy atom. The Hall–Kier alpha value is -3.61. The summed E-state index contributed by atoms with van der Waals surface area (Å²) in [5.41, 5.74) is 3.59. The maximum Gasteiger partial charge on any atom is 0.259 e. The monoisotopic (exact) mass is 409 g/mol. The molecule has 0 aromatic heterocycles. The first-order valence-electron chi connectivity index (χ1n) is 9.79. The molecule has 7 heteroatoms. The van der Waals surface area contributed by atoms with Gasteiger partial charge in [0.05, 0.1) is 19.4 Å². The van der Waals surface area contributed by atoms with Crippen LogP contribution in [-0.2, 0) is 4.79 Å². The topological polar surface area (TPSA) is 89.0 Å². The van der Waals surface area contributed by atoms with Gasteiger partial charge >= 0.3 is 0 Å². The molecule has 0 spiro atoms. The number of carbonyl (C=O) groups excluding carboxylic acids is 2. The lowest BCUT2D eigenvalue weighted by atomic mass is 10.2. The van der Waals surface area contributed by atoms with Gasteiger partial charge in [-0.05, 0) is 48.4 Å². The molecular weight excluding hydrogens is 382 g/mol. The Kier molecular flexibility index (Phi) is 9.65. The van der Waals surface area contributed by atoms with Crippen LogP contribution in [0.2, 0.25) is 0 Å². The van der Waals surface area contributed by atoms with E-state index in [1.165, 1.54) is 6.21 Å². The molecule has 0 saturated heterocycles. The normalized spacial score (nSPS) is 10.4. The number of hydrazone groups is 1. The SMILES string of the molecule is C=CCOc1cccc(/C=N/NC(=O)CNC(=O)c2ccc(OCCCC)cc2)c1. The third kappa shape index (κ3) is 8.18. The second kappa shape index (κ2) is 12.8. The number of benzene rings is 2. The molecule has 30 heavy (non-hydrogen) atoms. The van der Waals surface area contributed by atoms with Crippen LogP contribution >= 0.6 is 0 Å². The van der Waals surface area contributed by atoms with E-state index in [9.17, 15) is 9.59 Å². The van der Waals surface area contributed by atoms with Crippen molar-refractivity contribution in [2.45, 2.75) is 19.8 Å². The van der Waals surface area contributed by atoms with Crippen LogP contribution in [-0.4, -0.2) is 37.8 Å². The van der Waals surface area contributed by atoms with Gasteiger partial charge < -0.3 is 14.8 Å². The zero-order chi connectivity index (χ0) is 21.6. The van der Waals surface area contributed by atoms with Crippen molar-refractivity contribution in [1.82, 2.24) is 10.7 Å². The zero-order valence-electron chi connectivity index (χ0n) is 17.1. The summed E-state index contributed by atoms with van der Waals surface area (Å²) < 4.78 is 11.0. The summed E-state index contributed by atoms with van der Waals surface area (Å²) in [6.07, 6.45) is 5.19. The van der Waals surface area contributed by atoms with E-state index in [-0.39, 0.29) is 12.5 Å². The fraction of sp³-hybridized carbons (Fsp3) is 0.261. The highest BCUT2D eigenvalue weighted by Crippen LogP contribution is 2.13. The number of hydrogen-bond donors (Lipinski definition) is 2. The number of unbranched alkanes of at least 4 members (excludes halogenated alkanes) is 1. The summed E-state index contributed by atoms with van der Waals surface area (Å²) >= 11 is 0. The molecule has 2 N–H and O–H groups in total. The first-order chi connectivity index (χ1) is 14.6. The predicted octanol–water partition coefficient (Wildman–Crippen LogP) is 3.31. The number of nitrogens with zero attached hydrogens (tertiary/aromatic N) is 1. The molecule has 0 aliphatic heterocycles. The van der Waals surface area contributed by atoms with E-state index in [0.717, 1.165) is 18.4 Å². The van der Waals surface area contributed by atoms with Gasteiger partial charge in [-0.3, -0.25) is 9.59 Å². The Morgan fingerprint density at radius 3 is 2.63 bits per heavy atom. The van der Waals surface area contributed by atoms with Gasteiger partial charge in [0.2, 0.25) is 0 Å². The summed E-state index contributed by atoms with van der Waals surface area (Å²) in [6, 6.07) is 14.1. The molecule has 2 aromatic rings. The molecule has 0 saturated carbocycles. The highest BCUT2D eigenvalue weighted by molar-refractivity contribution is 5.96. The Balaban J connectivity index is 1.75. The molecule has 0 bridgehead atoms. The summed E-state index contributed by atoms with van der Waals surface area (Å²) in [4.78, 5) is 24.0. The highest BCUT2D eigenvalue weighted by Gasteiger charge is 2.08. The van der Waals surface area contributed by atoms with Crippen LogP contribution in [0.1, 0.15) is 35.7 Å². The lowest BCUT2D eigenvalue weighted by molar-refractivity contribution is -0.120. The van der Waals surface area contributed by atoms with Crippen molar-refractivity contribution in [1.29, 1.82) is 0 Å². The van der Waals surface area contributed by atoms with Gasteiger partial charge in [-0.2, -0.15) is 5.10 Å². The Morgan fingerprint density at radius 1 is 1.10 bits per heavy atom. The average Bonchev–Trinajstić information content (AvgIpc) is 2.77. The Bertz CT molecular complexity index is 863. The van der Waals surface area contributed by atoms with Crippen molar-refractivity contribution in [3.8, 4) is 11.5 Å². The highest BCUT2D eigenvalue weighted by atomic mass is 16.5. The van der Waals surface area contributed by atoms with Crippen LogP contribution in [0.5, 0.6) is 11.5 Å². The molecule has 0 radical (unpaired) electrons. The number of rotatable bonds is 12. The van der Waals surface area contributed by atoms with Crippen molar-refractivity contribution < 1.29 is 19.1 Å². The van der Waals surface area contributed by atoms with Crippen LogP contribution in [0.3, 0.4) is 0 Å². The first kappa shape index (κ1) is 22.7. The fourth-order valence-electron chi connectivity index (χ4n) is 2.36. The number of ether oxygens (including phenoxy) is 2. The van der Waals surface area contributed by atoms with Gasteiger partial charge in [0, 0.05) is 5.56 Å². The van der Waals surface area contributed by atoms with Gasteiger partial charge in [-0.1, -0.05) is 38.1 Å². The van der Waals surface area contributed by atoms with E-state index >= 15 is 0 Å². The first-order valence-corrected chi connectivity index (χ1v) is 9.79. The molecule has 7 nitrogen and oxygen atoms in total. The van der Waals surface area contributed by atoms with Gasteiger partial charge in [-0.15, -0.1) is 0 Å². The molecule has 2 rings (SSSR count). The second-order valence-corrected chi connectivity index (χ2v) is 6.37. The van der Waals surface area contributed by atoms with Crippen molar-refractivity contribution in [2.24, 2.45) is 5.10 Å². The quantitative estimate of drug-likeness (QED) is 0.244. The van der Waals surface area contributed by atoms with Gasteiger partial charge in [0.1, 0.15) is 18.1 Å². The minimum atomic E-state index is -0.432. The lowest BCUT2D eigenvalue weighted by Gasteiger charge is -2.07. The lowest BCUT2D eigenvalue weighted by Crippen LogP contribution is -2.34. The number of nitrogens with one attached hydrogen (secondary N) is 2. The zero-order valence-corrected chi connectivity index (χ0v) is 17.1. The van der Waals surface area contributed by atoms with E-state index in [4.69, 9.17) is 9.47 Å². The third-order valence-electron chi connectivity index (χ3n) is 3.92. The second-order valence-electron chi connectivity index (χ2n) is 6.37. The van der Waals surface area contributed by atoms with Crippen LogP contribution in [0.15, 0.2) is 66.3 Å². The van der Waals surface area contributed by atoms with Crippen LogP contribution < -0.4 is 20.2 Å². The third-order valence-corrected chi connectivity index (χ3v) is 3.92. The predicted molar refractivity (Wildman–Crippen MR) is 117 cm³/mol. The molecule has 0 atom stereocenters. The van der Waals surface area contributed by atoms with E-state index < -0.39 is 5.91 Å². The summed E-state index contributed by atoms with van der Waals surface area (Å²) in [6.45, 7) is 6.56. The Labute approximate surface area is 176 Å². The summed E-state index contributed by atoms with van der Waals surface area (Å²) in [5.74, 6) is 0.616. The number of carbonyl (C=O) groups is 2. The molecule has 0 aliphatic carbocycles. The summed E-state index contributed by atoms with van der Waals surface area (Å²) in [5, 5.41) is 6.45. The van der Waals surface area contributed by atoms with Gasteiger partial charge in [-0.25, -0.2) is 5.43 Å². The molecule has 0 aliphatic rings. The molecule has 0 unspecified atom stereocenters. The minimum Gasteiger partial charge on any atom is -0.494 e. The van der Waals surface area contributed by atoms with Gasteiger partial charge in [0.15, 0.2) is 0 Å². The van der Waals surface area contributed by atoms with Gasteiger partial charge in [0.25, 0.3) is 11.8 Å². The van der Waals surface area contributed by atoms with Crippen molar-refractivity contribution in [3.63, 3.8) is 0 Å². The van der Waals surface area contributed by atoms with Crippen LogP contribution in [0, 0.1) is 0 Å². The molecule has 2 aromatic carbocycles. The average molecular weight is 409 g/mol. The van der Waals surface area contributed by atoms with Crippen LogP contribution in [0.25, 0.3) is 0 Å². The molecule has 0 fully saturated rings. The fourth-order valence-corrected chi connectivity index (χ4v) is 2.36. The standard InChI is InChI=1S/C23H27N3O4/c1-3-5-14-30-20-11-9-19(10-12-20)23(28)24-17-22(27)26-25-16-18-7-6-8-21(15-18)29-13-4-2/h4,6-12,15-16H,2-3,5,13-14,17H2,1H3,(H,24,28)(H,26,27)/b25-16+. The smallest absolute Gasteiger partial charge is 0.259 e. The van der Waals surface area contributed by atoms with Crippen molar-refractivity contribution in [2.75, 3.05) is 19.8 Å². The largest absolute Gasteiger partial charge is 0.494 e. The number of hydrogen-bond acceptors (Lipinski definition) is 5.